The van der Waals surface area contributed by atoms with E-state index in [0.717, 1.165) is 22.5 Å². The lowest BCUT2D eigenvalue weighted by atomic mass is 10.1. The molecule has 0 aliphatic carbocycles. The summed E-state index contributed by atoms with van der Waals surface area (Å²) in [6.45, 7) is 0. The summed E-state index contributed by atoms with van der Waals surface area (Å²) in [7, 11) is 4.88. The van der Waals surface area contributed by atoms with Crippen LogP contribution in [0.25, 0.3) is 0 Å². The van der Waals surface area contributed by atoms with Gasteiger partial charge in [0.2, 0.25) is 0 Å². The molecule has 0 fully saturated rings. The monoisotopic (exact) mass is 385 g/mol. The lowest BCUT2D eigenvalue weighted by molar-refractivity contribution is -0.141. The van der Waals surface area contributed by atoms with E-state index in [4.69, 9.17) is 9.47 Å². The van der Waals surface area contributed by atoms with E-state index >= 15 is 0 Å². The van der Waals surface area contributed by atoms with E-state index in [0.29, 0.717) is 25.7 Å². The first-order chi connectivity index (χ1) is 13.0. The van der Waals surface area contributed by atoms with Gasteiger partial charge in [0.05, 0.1) is 25.6 Å². The molecule has 0 spiro atoms. The van der Waals surface area contributed by atoms with Crippen LogP contribution in [-0.2, 0) is 31.9 Å². The highest BCUT2D eigenvalue weighted by Crippen LogP contribution is 2.48. The van der Waals surface area contributed by atoms with Crippen LogP contribution >= 0.6 is 11.8 Å². The van der Waals surface area contributed by atoms with Crippen LogP contribution in [0.2, 0.25) is 0 Å². The van der Waals surface area contributed by atoms with Crippen LogP contribution in [0.5, 0.6) is 0 Å². The zero-order valence-electron chi connectivity index (χ0n) is 15.8. The average molecular weight is 385 g/mol. The molecule has 1 heterocycles. The first kappa shape index (κ1) is 19.3. The number of hydrogen-bond donors (Lipinski definition) is 0. The quantitative estimate of drug-likeness (QED) is 0.697. The van der Waals surface area contributed by atoms with Gasteiger partial charge in [0.25, 0.3) is 0 Å². The lowest BCUT2D eigenvalue weighted by Crippen LogP contribution is -2.15. The number of nitrogens with zero attached hydrogens (tertiary/aromatic N) is 1. The van der Waals surface area contributed by atoms with Crippen molar-refractivity contribution >= 4 is 35.1 Å². The number of aryl methyl sites for hydroxylation is 2. The Labute approximate surface area is 163 Å². The Morgan fingerprint density at radius 3 is 2.07 bits per heavy atom. The fourth-order valence-electron chi connectivity index (χ4n) is 3.08. The highest BCUT2D eigenvalue weighted by molar-refractivity contribution is 7.99. The molecule has 2 aromatic rings. The molecule has 0 atom stereocenters. The fourth-order valence-corrected chi connectivity index (χ4v) is 4.28. The zero-order valence-corrected chi connectivity index (χ0v) is 16.6. The number of hydrogen-bond acceptors (Lipinski definition) is 6. The number of anilines is 2. The third-order valence-corrected chi connectivity index (χ3v) is 5.79. The van der Waals surface area contributed by atoms with Crippen molar-refractivity contribution < 1.29 is 19.1 Å². The molecule has 0 aromatic heterocycles. The van der Waals surface area contributed by atoms with Gasteiger partial charge in [-0.05, 0) is 48.2 Å². The van der Waals surface area contributed by atoms with Gasteiger partial charge in [-0.15, -0.1) is 0 Å². The van der Waals surface area contributed by atoms with E-state index in [-0.39, 0.29) is 11.9 Å². The molecule has 1 aliphatic heterocycles. The Balaban J connectivity index is 1.77. The van der Waals surface area contributed by atoms with Gasteiger partial charge in [-0.25, -0.2) is 0 Å². The molecule has 142 valence electrons. The SMILES string of the molecule is COC(=O)CCc1ccc2c(c1)Sc1ccc(CCC(=O)OC)cc1N2C. The van der Waals surface area contributed by atoms with E-state index in [1.165, 1.54) is 24.0 Å². The summed E-state index contributed by atoms with van der Waals surface area (Å²) in [4.78, 5) is 27.3. The molecule has 0 radical (unpaired) electrons. The van der Waals surface area contributed by atoms with Crippen molar-refractivity contribution in [3.8, 4) is 0 Å². The van der Waals surface area contributed by atoms with Crippen molar-refractivity contribution in [2.45, 2.75) is 35.5 Å². The van der Waals surface area contributed by atoms with Crippen LogP contribution in [0.3, 0.4) is 0 Å². The van der Waals surface area contributed by atoms with Gasteiger partial charge in [-0.1, -0.05) is 23.9 Å². The maximum absolute atomic E-state index is 11.4. The summed E-state index contributed by atoms with van der Waals surface area (Å²) in [6.07, 6.45) is 2.10. The number of methoxy groups -OCH3 is 2. The average Bonchev–Trinajstić information content (AvgIpc) is 2.70. The van der Waals surface area contributed by atoms with Gasteiger partial charge in [0, 0.05) is 29.7 Å². The zero-order chi connectivity index (χ0) is 19.4. The Hall–Kier alpha value is -2.47. The molecule has 0 saturated carbocycles. The normalized spacial score (nSPS) is 12.2. The number of rotatable bonds is 6. The lowest BCUT2D eigenvalue weighted by Gasteiger charge is -2.30. The Bertz CT molecular complexity index is 865. The van der Waals surface area contributed by atoms with E-state index in [1.54, 1.807) is 11.8 Å². The second-order valence-electron chi connectivity index (χ2n) is 6.42. The minimum atomic E-state index is -0.194. The van der Waals surface area contributed by atoms with Crippen LogP contribution in [0.1, 0.15) is 24.0 Å². The van der Waals surface area contributed by atoms with Crippen LogP contribution in [-0.4, -0.2) is 33.2 Å². The summed E-state index contributed by atoms with van der Waals surface area (Å²) in [5, 5.41) is 0. The van der Waals surface area contributed by atoms with Gasteiger partial charge in [0.1, 0.15) is 0 Å². The smallest absolute Gasteiger partial charge is 0.305 e. The van der Waals surface area contributed by atoms with Crippen molar-refractivity contribution in [2.75, 3.05) is 26.2 Å². The van der Waals surface area contributed by atoms with Crippen molar-refractivity contribution in [3.63, 3.8) is 0 Å². The standard InChI is InChI=1S/C21H23NO4S/c1-22-16-8-4-15(7-11-21(24)26-3)13-19(16)27-18-9-5-14(12-17(18)22)6-10-20(23)25-2/h4-5,8-9,12-13H,6-7,10-11H2,1-3H3. The molecule has 0 bridgehead atoms. The van der Waals surface area contributed by atoms with E-state index in [1.807, 2.05) is 0 Å². The molecule has 1 aliphatic rings. The second-order valence-corrected chi connectivity index (χ2v) is 7.50. The van der Waals surface area contributed by atoms with Gasteiger partial charge in [-0.2, -0.15) is 0 Å². The largest absolute Gasteiger partial charge is 0.469 e. The van der Waals surface area contributed by atoms with E-state index in [9.17, 15) is 9.59 Å². The predicted molar refractivity (Wildman–Crippen MR) is 106 cm³/mol. The highest BCUT2D eigenvalue weighted by Gasteiger charge is 2.21. The molecule has 0 N–H and O–H groups in total. The third kappa shape index (κ3) is 4.45. The number of carbonyl (C=O) groups is 2. The van der Waals surface area contributed by atoms with Gasteiger partial charge in [-0.3, -0.25) is 9.59 Å². The fraction of sp³-hybridized carbons (Fsp3) is 0.333. The number of benzene rings is 2. The molecule has 0 unspecified atom stereocenters. The topological polar surface area (TPSA) is 55.8 Å². The highest BCUT2D eigenvalue weighted by atomic mass is 32.2. The van der Waals surface area contributed by atoms with Crippen LogP contribution < -0.4 is 4.90 Å². The number of esters is 2. The summed E-state index contributed by atoms with van der Waals surface area (Å²) in [5.41, 5.74) is 4.51. The third-order valence-electron chi connectivity index (χ3n) is 4.68. The van der Waals surface area contributed by atoms with Crippen molar-refractivity contribution in [1.29, 1.82) is 0 Å². The van der Waals surface area contributed by atoms with E-state index in [2.05, 4.69) is 48.3 Å². The molecule has 6 heteroatoms. The Morgan fingerprint density at radius 1 is 0.852 bits per heavy atom. The first-order valence-corrected chi connectivity index (χ1v) is 9.64. The molecule has 27 heavy (non-hydrogen) atoms. The number of carbonyl (C=O) groups excluding carboxylic acids is 2. The predicted octanol–water partition coefficient (Wildman–Crippen LogP) is 4.13. The summed E-state index contributed by atoms with van der Waals surface area (Å²) < 4.78 is 9.44. The van der Waals surface area contributed by atoms with Crippen LogP contribution in [0.15, 0.2) is 46.2 Å². The van der Waals surface area contributed by atoms with E-state index < -0.39 is 0 Å². The minimum Gasteiger partial charge on any atom is -0.469 e. The summed E-state index contributed by atoms with van der Waals surface area (Å²) >= 11 is 1.73. The molecule has 2 aromatic carbocycles. The van der Waals surface area contributed by atoms with Gasteiger partial charge in [0.15, 0.2) is 0 Å². The van der Waals surface area contributed by atoms with Crippen molar-refractivity contribution in [2.24, 2.45) is 0 Å². The Morgan fingerprint density at radius 2 is 1.44 bits per heavy atom. The molecule has 0 saturated heterocycles. The van der Waals surface area contributed by atoms with Crippen molar-refractivity contribution in [3.05, 3.63) is 47.5 Å². The molecular formula is C21H23NO4S. The maximum Gasteiger partial charge on any atom is 0.305 e. The molecule has 3 rings (SSSR count). The van der Waals surface area contributed by atoms with Gasteiger partial charge >= 0.3 is 11.9 Å². The van der Waals surface area contributed by atoms with Crippen LogP contribution in [0, 0.1) is 0 Å². The van der Waals surface area contributed by atoms with Crippen molar-refractivity contribution in [1.82, 2.24) is 0 Å². The number of ether oxygens (including phenoxy) is 2. The first-order valence-electron chi connectivity index (χ1n) is 8.83. The minimum absolute atomic E-state index is 0.192. The summed E-state index contributed by atoms with van der Waals surface area (Å²) in [5.74, 6) is -0.386. The molecule has 5 nitrogen and oxygen atoms in total. The molecule has 0 amide bonds. The van der Waals surface area contributed by atoms with Crippen LogP contribution in [0.4, 0.5) is 11.4 Å². The summed E-state index contributed by atoms with van der Waals surface area (Å²) in [6, 6.07) is 12.6. The molecular weight excluding hydrogens is 362 g/mol. The number of fused-ring (bicyclic) bond motifs is 2. The van der Waals surface area contributed by atoms with Gasteiger partial charge < -0.3 is 14.4 Å². The maximum atomic E-state index is 11.4. The second kappa shape index (κ2) is 8.48. The Kier molecular flexibility index (Phi) is 6.06.